The van der Waals surface area contributed by atoms with Crippen LogP contribution in [0.5, 0.6) is 0 Å². The Kier molecular flexibility index (Phi) is 6.28. The van der Waals surface area contributed by atoms with E-state index >= 15 is 0 Å². The molecule has 1 unspecified atom stereocenters. The van der Waals surface area contributed by atoms with E-state index in [0.29, 0.717) is 5.92 Å². The summed E-state index contributed by atoms with van der Waals surface area (Å²) in [5.41, 5.74) is 18.8. The number of hydrogen-bond donors (Lipinski definition) is 0. The molecule has 9 rings (SSSR count). The Hall–Kier alpha value is -5.20. The monoisotopic (exact) mass is 616 g/mol. The SMILES string of the molecule is CC(c1ccccc1)c1ccc2c(c1)C(C)(C)c1cccc3c(-c4ccc(-c5cccc6c5C(C)(C)c5ccccc5-6)cc4)ccc-2c13. The maximum Gasteiger partial charge on any atom is 0.0165 e. The van der Waals surface area contributed by atoms with Crippen LogP contribution in [0.25, 0.3) is 55.3 Å². The quantitative estimate of drug-likeness (QED) is 0.185. The van der Waals surface area contributed by atoms with E-state index in [1.807, 2.05) is 0 Å². The third-order valence-corrected chi connectivity index (χ3v) is 11.6. The van der Waals surface area contributed by atoms with Gasteiger partial charge in [0.05, 0.1) is 0 Å². The van der Waals surface area contributed by atoms with E-state index in [4.69, 9.17) is 0 Å². The number of rotatable bonds is 4. The first kappa shape index (κ1) is 29.0. The van der Waals surface area contributed by atoms with Gasteiger partial charge < -0.3 is 0 Å². The summed E-state index contributed by atoms with van der Waals surface area (Å²) in [5, 5.41) is 2.72. The zero-order valence-electron chi connectivity index (χ0n) is 28.4. The van der Waals surface area contributed by atoms with E-state index in [0.717, 1.165) is 0 Å². The Labute approximate surface area is 284 Å². The molecule has 7 aromatic rings. The smallest absolute Gasteiger partial charge is 0.0165 e. The number of hydrogen-bond acceptors (Lipinski definition) is 0. The van der Waals surface area contributed by atoms with Gasteiger partial charge in [-0.05, 0) is 88.7 Å². The first-order chi connectivity index (χ1) is 23.2. The summed E-state index contributed by atoms with van der Waals surface area (Å²) in [7, 11) is 0. The fourth-order valence-corrected chi connectivity index (χ4v) is 8.98. The predicted molar refractivity (Wildman–Crippen MR) is 204 cm³/mol. The van der Waals surface area contributed by atoms with Gasteiger partial charge in [-0.25, -0.2) is 0 Å². The van der Waals surface area contributed by atoms with E-state index in [2.05, 4.69) is 180 Å². The fourth-order valence-electron chi connectivity index (χ4n) is 8.98. The Morgan fingerprint density at radius 2 is 0.979 bits per heavy atom. The Bertz CT molecular complexity index is 2390. The molecule has 0 heteroatoms. The van der Waals surface area contributed by atoms with E-state index in [-0.39, 0.29) is 10.8 Å². The van der Waals surface area contributed by atoms with Gasteiger partial charge in [0.25, 0.3) is 0 Å². The summed E-state index contributed by atoms with van der Waals surface area (Å²) in [4.78, 5) is 0. The molecular weight excluding hydrogens is 577 g/mol. The van der Waals surface area contributed by atoms with Crippen LogP contribution in [-0.2, 0) is 10.8 Å². The van der Waals surface area contributed by atoms with Crippen molar-refractivity contribution in [2.75, 3.05) is 0 Å². The van der Waals surface area contributed by atoms with Gasteiger partial charge in [0, 0.05) is 16.7 Å². The Morgan fingerprint density at radius 3 is 1.77 bits per heavy atom. The minimum atomic E-state index is -0.116. The molecule has 0 spiro atoms. The van der Waals surface area contributed by atoms with Crippen LogP contribution in [0.15, 0.2) is 146 Å². The van der Waals surface area contributed by atoms with Crippen molar-refractivity contribution in [2.24, 2.45) is 0 Å². The van der Waals surface area contributed by atoms with E-state index in [1.54, 1.807) is 0 Å². The van der Waals surface area contributed by atoms with Gasteiger partial charge >= 0.3 is 0 Å². The molecule has 0 fully saturated rings. The molecule has 1 atom stereocenters. The lowest BCUT2D eigenvalue weighted by atomic mass is 9.67. The van der Waals surface area contributed by atoms with Gasteiger partial charge in [0.1, 0.15) is 0 Å². The molecular formula is C48H40. The molecule has 0 N–H and O–H groups in total. The molecule has 0 bridgehead atoms. The average Bonchev–Trinajstić information content (AvgIpc) is 3.37. The van der Waals surface area contributed by atoms with Gasteiger partial charge in [-0.1, -0.05) is 180 Å². The Balaban J connectivity index is 1.13. The maximum absolute atomic E-state index is 2.47. The van der Waals surface area contributed by atoms with Crippen molar-refractivity contribution in [2.45, 2.75) is 51.4 Å². The van der Waals surface area contributed by atoms with Crippen LogP contribution in [0.4, 0.5) is 0 Å². The van der Waals surface area contributed by atoms with Crippen LogP contribution in [0.3, 0.4) is 0 Å². The average molecular weight is 617 g/mol. The second-order valence-corrected chi connectivity index (χ2v) is 14.9. The molecule has 232 valence electrons. The van der Waals surface area contributed by atoms with E-state index in [1.165, 1.54) is 88.7 Å². The molecule has 0 amide bonds. The molecule has 0 aromatic heterocycles. The second kappa shape index (κ2) is 10.4. The van der Waals surface area contributed by atoms with Crippen molar-refractivity contribution < 1.29 is 0 Å². The highest BCUT2D eigenvalue weighted by molar-refractivity contribution is 6.09. The highest BCUT2D eigenvalue weighted by Gasteiger charge is 2.37. The maximum atomic E-state index is 2.47. The highest BCUT2D eigenvalue weighted by atomic mass is 14.4. The lowest BCUT2D eigenvalue weighted by Crippen LogP contribution is -2.24. The van der Waals surface area contributed by atoms with Crippen LogP contribution >= 0.6 is 0 Å². The van der Waals surface area contributed by atoms with Crippen molar-refractivity contribution in [3.8, 4) is 44.5 Å². The molecule has 0 saturated heterocycles. The molecule has 7 aromatic carbocycles. The van der Waals surface area contributed by atoms with Gasteiger partial charge in [0.2, 0.25) is 0 Å². The second-order valence-electron chi connectivity index (χ2n) is 14.9. The van der Waals surface area contributed by atoms with Crippen molar-refractivity contribution in [1.82, 2.24) is 0 Å². The van der Waals surface area contributed by atoms with Crippen LogP contribution in [0.1, 0.15) is 73.9 Å². The summed E-state index contributed by atoms with van der Waals surface area (Å²) >= 11 is 0. The van der Waals surface area contributed by atoms with Crippen LogP contribution in [0.2, 0.25) is 0 Å². The summed E-state index contributed by atoms with van der Waals surface area (Å²) in [6.07, 6.45) is 0. The summed E-state index contributed by atoms with van der Waals surface area (Å²) in [5.74, 6) is 0.341. The third kappa shape index (κ3) is 4.08. The molecule has 2 aliphatic carbocycles. The van der Waals surface area contributed by atoms with Gasteiger partial charge in [-0.3, -0.25) is 0 Å². The normalized spacial score (nSPS) is 15.4. The third-order valence-electron chi connectivity index (χ3n) is 11.6. The largest absolute Gasteiger partial charge is 0.0622 e. The minimum Gasteiger partial charge on any atom is -0.0622 e. The van der Waals surface area contributed by atoms with Gasteiger partial charge in [0.15, 0.2) is 0 Å². The van der Waals surface area contributed by atoms with Crippen LogP contribution in [0, 0.1) is 0 Å². The summed E-state index contributed by atoms with van der Waals surface area (Å²) in [6, 6.07) is 54.7. The number of benzene rings is 7. The zero-order valence-corrected chi connectivity index (χ0v) is 28.4. The molecule has 0 heterocycles. The standard InChI is InChI=1S/C48H40/c1-30(31-13-7-6-8-14-31)34-25-26-38-40-28-27-35(39-17-12-20-43(45(39)40)47(2,3)44(38)29-34)32-21-23-33(24-22-32)36-16-11-18-41-37-15-9-10-19-42(37)48(4,5)46(36)41/h6-30H,1-5H3. The molecule has 0 nitrogen and oxygen atoms in total. The summed E-state index contributed by atoms with van der Waals surface area (Å²) in [6.45, 7) is 11.9. The fraction of sp³-hybridized carbons (Fsp3) is 0.167. The van der Waals surface area contributed by atoms with Gasteiger partial charge in [-0.15, -0.1) is 0 Å². The first-order valence-corrected chi connectivity index (χ1v) is 17.4. The van der Waals surface area contributed by atoms with Crippen molar-refractivity contribution in [1.29, 1.82) is 0 Å². The van der Waals surface area contributed by atoms with E-state index < -0.39 is 0 Å². The summed E-state index contributed by atoms with van der Waals surface area (Å²) < 4.78 is 0. The van der Waals surface area contributed by atoms with Crippen molar-refractivity contribution >= 4 is 10.8 Å². The molecule has 0 aliphatic heterocycles. The molecule has 48 heavy (non-hydrogen) atoms. The van der Waals surface area contributed by atoms with Crippen LogP contribution in [-0.4, -0.2) is 0 Å². The van der Waals surface area contributed by atoms with Crippen molar-refractivity contribution in [3.63, 3.8) is 0 Å². The van der Waals surface area contributed by atoms with Crippen LogP contribution < -0.4 is 0 Å². The molecule has 2 aliphatic rings. The molecule has 0 saturated carbocycles. The van der Waals surface area contributed by atoms with E-state index in [9.17, 15) is 0 Å². The number of fused-ring (bicyclic) bond motifs is 5. The van der Waals surface area contributed by atoms with Gasteiger partial charge in [-0.2, -0.15) is 0 Å². The lowest BCUT2D eigenvalue weighted by molar-refractivity contribution is 0.643. The van der Waals surface area contributed by atoms with Crippen molar-refractivity contribution in [3.05, 3.63) is 179 Å². The first-order valence-electron chi connectivity index (χ1n) is 17.4. The lowest BCUT2D eigenvalue weighted by Gasteiger charge is -2.36. The highest BCUT2D eigenvalue weighted by Crippen LogP contribution is 2.53. The zero-order chi connectivity index (χ0) is 32.8. The topological polar surface area (TPSA) is 0 Å². The predicted octanol–water partition coefficient (Wildman–Crippen LogP) is 12.9. The Morgan fingerprint density at radius 1 is 0.396 bits per heavy atom. The molecule has 0 radical (unpaired) electrons. The minimum absolute atomic E-state index is 0.0408.